The highest BCUT2D eigenvalue weighted by Gasteiger charge is 2.41. The molecule has 0 N–H and O–H groups in total. The highest BCUT2D eigenvalue weighted by Crippen LogP contribution is 2.55. The van der Waals surface area contributed by atoms with Gasteiger partial charge in [-0.3, -0.25) is 0 Å². The lowest BCUT2D eigenvalue weighted by molar-refractivity contribution is 0.660. The molecule has 0 radical (unpaired) electrons. The van der Waals surface area contributed by atoms with Crippen molar-refractivity contribution in [3.8, 4) is 44.9 Å². The number of nitrogens with zero attached hydrogens (tertiary/aromatic N) is 2. The maximum atomic E-state index is 6.68. The second kappa shape index (κ2) is 11.3. The molecule has 2 aliphatic carbocycles. The summed E-state index contributed by atoms with van der Waals surface area (Å²) in [5, 5.41) is 6.07. The molecule has 0 saturated heterocycles. The van der Waals surface area contributed by atoms with Gasteiger partial charge < -0.3 is 13.6 Å². The van der Waals surface area contributed by atoms with Gasteiger partial charge in [0.2, 0.25) is 0 Å². The third-order valence-electron chi connectivity index (χ3n) is 13.9. The Morgan fingerprint density at radius 1 is 0.407 bits per heavy atom. The second-order valence-electron chi connectivity index (χ2n) is 17.7. The first kappa shape index (κ1) is 32.9. The number of benzene rings is 8. The molecule has 3 nitrogen and oxygen atoms in total. The standard InChI is InChI=1S/C56H40N2O/c1-55(2)44-19-9-5-14-36(44)37-27-26-35(32-46(37)55)57-47-21-11-7-15-38(47)42-30-33(24-28-48(42)57)34-25-29-49-43(31-34)52-53(41-17-6-10-20-45(41)56(52,3)4)58(49)50-22-13-18-40-39-16-8-12-23-51(39)59-54(40)50/h5-32H,1-4H3. The Hall–Kier alpha value is -7.10. The molecule has 8 aromatic carbocycles. The first-order valence-corrected chi connectivity index (χ1v) is 20.8. The molecular formula is C56H40N2O. The van der Waals surface area contributed by atoms with Crippen molar-refractivity contribution in [3.05, 3.63) is 192 Å². The van der Waals surface area contributed by atoms with E-state index in [1.807, 2.05) is 0 Å². The normalized spacial score (nSPS) is 14.7. The third kappa shape index (κ3) is 4.22. The Labute approximate surface area is 342 Å². The van der Waals surface area contributed by atoms with E-state index in [0.29, 0.717) is 0 Å². The summed E-state index contributed by atoms with van der Waals surface area (Å²) in [4.78, 5) is 0. The molecule has 3 heteroatoms. The molecule has 0 amide bonds. The number of hydrogen-bond donors (Lipinski definition) is 0. The predicted molar refractivity (Wildman–Crippen MR) is 245 cm³/mol. The van der Waals surface area contributed by atoms with Crippen LogP contribution in [-0.4, -0.2) is 9.13 Å². The minimum Gasteiger partial charge on any atom is -0.454 e. The van der Waals surface area contributed by atoms with Crippen LogP contribution in [0, 0.1) is 0 Å². The molecule has 11 aromatic rings. The highest BCUT2D eigenvalue weighted by atomic mass is 16.3. The van der Waals surface area contributed by atoms with Crippen molar-refractivity contribution < 1.29 is 4.42 Å². The van der Waals surface area contributed by atoms with Gasteiger partial charge >= 0.3 is 0 Å². The van der Waals surface area contributed by atoms with Crippen molar-refractivity contribution in [1.82, 2.24) is 9.13 Å². The molecule has 0 atom stereocenters. The SMILES string of the molecule is CC1(C)c2ccccc2-c2ccc(-n3c4ccccc4c4cc(-c5ccc6c(c5)c5c(n6-c6cccc7c6oc6ccccc67)-c6ccccc6C5(C)C)ccc43)cc21. The van der Waals surface area contributed by atoms with Crippen molar-refractivity contribution in [1.29, 1.82) is 0 Å². The average molecular weight is 757 g/mol. The first-order valence-electron chi connectivity index (χ1n) is 20.8. The van der Waals surface area contributed by atoms with E-state index in [1.165, 1.54) is 94.2 Å². The van der Waals surface area contributed by atoms with Gasteiger partial charge in [0.15, 0.2) is 5.58 Å². The third-order valence-corrected chi connectivity index (χ3v) is 13.9. The summed E-state index contributed by atoms with van der Waals surface area (Å²) in [6.45, 7) is 9.49. The zero-order chi connectivity index (χ0) is 39.4. The van der Waals surface area contributed by atoms with E-state index in [1.54, 1.807) is 0 Å². The number of fused-ring (bicyclic) bond motifs is 14. The Morgan fingerprint density at radius 3 is 1.83 bits per heavy atom. The maximum absolute atomic E-state index is 6.68. The van der Waals surface area contributed by atoms with Crippen molar-refractivity contribution in [2.45, 2.75) is 38.5 Å². The topological polar surface area (TPSA) is 23.0 Å². The molecule has 0 unspecified atom stereocenters. The van der Waals surface area contributed by atoms with E-state index in [0.717, 1.165) is 27.6 Å². The monoisotopic (exact) mass is 756 g/mol. The average Bonchev–Trinajstić information content (AvgIpc) is 4.03. The van der Waals surface area contributed by atoms with E-state index >= 15 is 0 Å². The van der Waals surface area contributed by atoms with Crippen LogP contribution in [0.5, 0.6) is 0 Å². The molecule has 59 heavy (non-hydrogen) atoms. The van der Waals surface area contributed by atoms with E-state index in [-0.39, 0.29) is 10.8 Å². The predicted octanol–water partition coefficient (Wildman–Crippen LogP) is 14.9. The molecular weight excluding hydrogens is 717 g/mol. The van der Waals surface area contributed by atoms with Crippen molar-refractivity contribution in [2.24, 2.45) is 0 Å². The van der Waals surface area contributed by atoms with Crippen molar-refractivity contribution >= 4 is 54.6 Å². The Bertz CT molecular complexity index is 3620. The molecule has 280 valence electrons. The molecule has 0 saturated carbocycles. The molecule has 2 aliphatic rings. The summed E-state index contributed by atoms with van der Waals surface area (Å²) in [6, 6.07) is 62.9. The number of aromatic nitrogens is 2. The van der Waals surface area contributed by atoms with Crippen LogP contribution >= 0.6 is 0 Å². The summed E-state index contributed by atoms with van der Waals surface area (Å²) in [7, 11) is 0. The van der Waals surface area contributed by atoms with Gasteiger partial charge in [0.05, 0.1) is 27.9 Å². The molecule has 0 spiro atoms. The summed E-state index contributed by atoms with van der Waals surface area (Å²) < 4.78 is 11.6. The fraction of sp³-hybridized carbons (Fsp3) is 0.107. The zero-order valence-corrected chi connectivity index (χ0v) is 33.5. The first-order chi connectivity index (χ1) is 28.8. The fourth-order valence-corrected chi connectivity index (χ4v) is 11.1. The van der Waals surface area contributed by atoms with Gasteiger partial charge in [-0.25, -0.2) is 0 Å². The van der Waals surface area contributed by atoms with Crippen LogP contribution in [0.15, 0.2) is 174 Å². The highest BCUT2D eigenvalue weighted by molar-refractivity contribution is 6.12. The number of rotatable bonds is 3. The Kier molecular flexibility index (Phi) is 6.31. The van der Waals surface area contributed by atoms with Crippen LogP contribution in [0.2, 0.25) is 0 Å². The fourth-order valence-electron chi connectivity index (χ4n) is 11.1. The van der Waals surface area contributed by atoms with Crippen LogP contribution in [-0.2, 0) is 10.8 Å². The molecule has 3 aromatic heterocycles. The molecule has 0 aliphatic heterocycles. The summed E-state index contributed by atoms with van der Waals surface area (Å²) in [5.74, 6) is 0. The lowest BCUT2D eigenvalue weighted by Crippen LogP contribution is -2.15. The molecule has 0 fully saturated rings. The van der Waals surface area contributed by atoms with Crippen LogP contribution < -0.4 is 0 Å². The Morgan fingerprint density at radius 2 is 1.02 bits per heavy atom. The Balaban J connectivity index is 1.02. The minimum atomic E-state index is -0.195. The van der Waals surface area contributed by atoms with Crippen molar-refractivity contribution in [3.63, 3.8) is 0 Å². The largest absolute Gasteiger partial charge is 0.454 e. The van der Waals surface area contributed by atoms with Crippen LogP contribution in [0.3, 0.4) is 0 Å². The second-order valence-corrected chi connectivity index (χ2v) is 17.7. The van der Waals surface area contributed by atoms with Gasteiger partial charge in [-0.1, -0.05) is 143 Å². The van der Waals surface area contributed by atoms with Crippen molar-refractivity contribution in [2.75, 3.05) is 0 Å². The van der Waals surface area contributed by atoms with Gasteiger partial charge in [-0.15, -0.1) is 0 Å². The summed E-state index contributed by atoms with van der Waals surface area (Å²) in [6.07, 6.45) is 0. The minimum absolute atomic E-state index is 0.0693. The van der Waals surface area contributed by atoms with E-state index in [9.17, 15) is 0 Å². The molecule has 3 heterocycles. The van der Waals surface area contributed by atoms with E-state index in [2.05, 4.69) is 207 Å². The number of para-hydroxylation sites is 3. The number of furan rings is 1. The molecule has 0 bridgehead atoms. The maximum Gasteiger partial charge on any atom is 0.159 e. The van der Waals surface area contributed by atoms with Crippen LogP contribution in [0.1, 0.15) is 49.9 Å². The van der Waals surface area contributed by atoms with Gasteiger partial charge in [0.1, 0.15) is 5.58 Å². The zero-order valence-electron chi connectivity index (χ0n) is 33.5. The van der Waals surface area contributed by atoms with Crippen LogP contribution in [0.25, 0.3) is 99.5 Å². The number of hydrogen-bond acceptors (Lipinski definition) is 1. The lowest BCUT2D eigenvalue weighted by atomic mass is 9.81. The van der Waals surface area contributed by atoms with Crippen LogP contribution in [0.4, 0.5) is 0 Å². The van der Waals surface area contributed by atoms with E-state index in [4.69, 9.17) is 4.42 Å². The van der Waals surface area contributed by atoms with Gasteiger partial charge in [0.25, 0.3) is 0 Å². The van der Waals surface area contributed by atoms with E-state index < -0.39 is 0 Å². The summed E-state index contributed by atoms with van der Waals surface area (Å²) in [5.41, 5.74) is 20.6. The van der Waals surface area contributed by atoms with Gasteiger partial charge in [-0.2, -0.15) is 0 Å². The quantitative estimate of drug-likeness (QED) is 0.176. The molecule has 13 rings (SSSR count). The lowest BCUT2D eigenvalue weighted by Gasteiger charge is -2.22. The summed E-state index contributed by atoms with van der Waals surface area (Å²) >= 11 is 0. The smallest absolute Gasteiger partial charge is 0.159 e. The van der Waals surface area contributed by atoms with Gasteiger partial charge in [0, 0.05) is 49.0 Å². The van der Waals surface area contributed by atoms with Gasteiger partial charge in [-0.05, 0) is 99.1 Å².